The van der Waals surface area contributed by atoms with Crippen LogP contribution in [0.3, 0.4) is 0 Å². The fraction of sp³-hybridized carbons (Fsp3) is 0.263. The zero-order valence-corrected chi connectivity index (χ0v) is 14.8. The van der Waals surface area contributed by atoms with Crippen LogP contribution in [0.1, 0.15) is 19.0 Å². The van der Waals surface area contributed by atoms with Gasteiger partial charge in [0, 0.05) is 26.5 Å². The first-order valence-corrected chi connectivity index (χ1v) is 8.41. The van der Waals surface area contributed by atoms with Gasteiger partial charge in [-0.05, 0) is 37.6 Å². The Bertz CT molecular complexity index is 967. The molecule has 1 N–H and O–H groups in total. The summed E-state index contributed by atoms with van der Waals surface area (Å²) >= 11 is 0. The quantitative estimate of drug-likeness (QED) is 0.402. The van der Waals surface area contributed by atoms with Gasteiger partial charge in [-0.25, -0.2) is 10.4 Å². The Labute approximate surface area is 151 Å². The first-order chi connectivity index (χ1) is 12.7. The molecule has 0 saturated carbocycles. The number of methoxy groups -OCH3 is 1. The molecule has 0 aliphatic heterocycles. The maximum atomic E-state index is 12.8. The lowest BCUT2D eigenvalue weighted by molar-refractivity contribution is 0.190. The van der Waals surface area contributed by atoms with Gasteiger partial charge in [0.25, 0.3) is 5.56 Å². The molecule has 7 heteroatoms. The third-order valence-electron chi connectivity index (χ3n) is 3.95. The van der Waals surface area contributed by atoms with Gasteiger partial charge in [0.05, 0.1) is 22.3 Å². The molecule has 0 fully saturated rings. The van der Waals surface area contributed by atoms with Crippen LogP contribution in [0.4, 0.5) is 5.95 Å². The molecule has 1 aromatic carbocycles. The predicted molar refractivity (Wildman–Crippen MR) is 103 cm³/mol. The predicted octanol–water partition coefficient (Wildman–Crippen LogP) is 2.66. The van der Waals surface area contributed by atoms with Crippen molar-refractivity contribution in [2.24, 2.45) is 5.10 Å². The first-order valence-electron chi connectivity index (χ1n) is 8.41. The Kier molecular flexibility index (Phi) is 5.70. The van der Waals surface area contributed by atoms with E-state index in [1.165, 1.54) is 0 Å². The highest BCUT2D eigenvalue weighted by Crippen LogP contribution is 2.12. The Balaban J connectivity index is 1.97. The summed E-state index contributed by atoms with van der Waals surface area (Å²) in [4.78, 5) is 21.7. The summed E-state index contributed by atoms with van der Waals surface area (Å²) in [6.45, 7) is 2.91. The number of rotatable bonds is 7. The third kappa shape index (κ3) is 3.94. The molecule has 0 aliphatic rings. The molecule has 0 bridgehead atoms. The second-order valence-corrected chi connectivity index (χ2v) is 5.78. The molecule has 7 nitrogen and oxygen atoms in total. The fourth-order valence-corrected chi connectivity index (χ4v) is 2.60. The van der Waals surface area contributed by atoms with Gasteiger partial charge in [-0.1, -0.05) is 18.2 Å². The summed E-state index contributed by atoms with van der Waals surface area (Å²) in [6.07, 6.45) is 2.41. The van der Waals surface area contributed by atoms with Crippen molar-refractivity contribution in [2.45, 2.75) is 19.9 Å². The summed E-state index contributed by atoms with van der Waals surface area (Å²) in [5.41, 5.74) is 4.93. The van der Waals surface area contributed by atoms with Crippen LogP contribution in [0.15, 0.2) is 58.6 Å². The van der Waals surface area contributed by atoms with Crippen molar-refractivity contribution in [3.05, 3.63) is 64.7 Å². The summed E-state index contributed by atoms with van der Waals surface area (Å²) in [5, 5.41) is 4.94. The van der Waals surface area contributed by atoms with Gasteiger partial charge in [-0.2, -0.15) is 5.10 Å². The zero-order valence-electron chi connectivity index (χ0n) is 14.8. The standard InChI is InChI=1S/C19H21N5O2/c1-14(16-9-5-6-11-20-16)22-23-19-21-17-10-4-3-8-15(17)18(25)24(19)12-7-13-26-2/h3-6,8-11H,7,12-13H2,1-2H3,(H,21,23)/b22-14-. The van der Waals surface area contributed by atoms with Crippen molar-refractivity contribution in [3.63, 3.8) is 0 Å². The smallest absolute Gasteiger partial charge is 0.262 e. The minimum Gasteiger partial charge on any atom is -0.385 e. The second-order valence-electron chi connectivity index (χ2n) is 5.78. The average Bonchev–Trinajstić information content (AvgIpc) is 2.69. The van der Waals surface area contributed by atoms with Crippen molar-refractivity contribution < 1.29 is 4.74 Å². The number of hydrogen-bond donors (Lipinski definition) is 1. The van der Waals surface area contributed by atoms with E-state index in [1.54, 1.807) is 23.9 Å². The molecule has 2 heterocycles. The number of nitrogens with zero attached hydrogens (tertiary/aromatic N) is 4. The van der Waals surface area contributed by atoms with Crippen molar-refractivity contribution in [1.29, 1.82) is 0 Å². The number of benzene rings is 1. The Morgan fingerprint density at radius 2 is 2.04 bits per heavy atom. The Morgan fingerprint density at radius 3 is 2.81 bits per heavy atom. The summed E-state index contributed by atoms with van der Waals surface area (Å²) in [6, 6.07) is 12.9. The van der Waals surface area contributed by atoms with E-state index < -0.39 is 0 Å². The molecule has 0 unspecified atom stereocenters. The van der Waals surface area contributed by atoms with Crippen LogP contribution >= 0.6 is 0 Å². The van der Waals surface area contributed by atoms with E-state index in [2.05, 4.69) is 20.5 Å². The number of hydrazone groups is 1. The molecule has 2 aromatic heterocycles. The monoisotopic (exact) mass is 351 g/mol. The summed E-state index contributed by atoms with van der Waals surface area (Å²) in [7, 11) is 1.64. The number of para-hydroxylation sites is 1. The number of hydrogen-bond acceptors (Lipinski definition) is 6. The van der Waals surface area contributed by atoms with E-state index in [0.717, 1.165) is 5.69 Å². The minimum atomic E-state index is -0.0973. The lowest BCUT2D eigenvalue weighted by atomic mass is 10.2. The van der Waals surface area contributed by atoms with Gasteiger partial charge in [0.1, 0.15) is 0 Å². The highest BCUT2D eigenvalue weighted by molar-refractivity contribution is 5.97. The second kappa shape index (κ2) is 8.35. The van der Waals surface area contributed by atoms with Crippen LogP contribution in [-0.2, 0) is 11.3 Å². The average molecular weight is 351 g/mol. The SMILES string of the molecule is COCCCn1c(N/N=C(/C)c2ccccn2)nc2ccccc2c1=O. The largest absolute Gasteiger partial charge is 0.385 e. The van der Waals surface area contributed by atoms with Crippen LogP contribution < -0.4 is 11.0 Å². The molecular formula is C19H21N5O2. The first kappa shape index (κ1) is 17.8. The van der Waals surface area contributed by atoms with Crippen molar-refractivity contribution in [3.8, 4) is 0 Å². The van der Waals surface area contributed by atoms with Gasteiger partial charge < -0.3 is 4.74 Å². The highest BCUT2D eigenvalue weighted by Gasteiger charge is 2.10. The highest BCUT2D eigenvalue weighted by atomic mass is 16.5. The van der Waals surface area contributed by atoms with Crippen molar-refractivity contribution in [2.75, 3.05) is 19.1 Å². The van der Waals surface area contributed by atoms with Crippen molar-refractivity contribution >= 4 is 22.6 Å². The van der Waals surface area contributed by atoms with E-state index in [9.17, 15) is 4.79 Å². The lowest BCUT2D eigenvalue weighted by Gasteiger charge is -2.13. The molecule has 0 amide bonds. The molecular weight excluding hydrogens is 330 g/mol. The number of anilines is 1. The number of nitrogens with one attached hydrogen (secondary N) is 1. The van der Waals surface area contributed by atoms with E-state index in [-0.39, 0.29) is 5.56 Å². The van der Waals surface area contributed by atoms with Crippen LogP contribution in [0.5, 0.6) is 0 Å². The molecule has 134 valence electrons. The van der Waals surface area contributed by atoms with E-state index >= 15 is 0 Å². The molecule has 3 rings (SSSR count). The molecule has 3 aromatic rings. The fourth-order valence-electron chi connectivity index (χ4n) is 2.60. The normalized spacial score (nSPS) is 11.7. The molecule has 0 saturated heterocycles. The Hall–Kier alpha value is -3.06. The van der Waals surface area contributed by atoms with Gasteiger partial charge in [-0.15, -0.1) is 0 Å². The molecule has 26 heavy (non-hydrogen) atoms. The van der Waals surface area contributed by atoms with Gasteiger partial charge in [0.15, 0.2) is 0 Å². The van der Waals surface area contributed by atoms with Crippen LogP contribution in [0.2, 0.25) is 0 Å². The molecule has 0 aliphatic carbocycles. The Morgan fingerprint density at radius 1 is 1.23 bits per heavy atom. The summed E-state index contributed by atoms with van der Waals surface area (Å²) in [5.74, 6) is 0.403. The van der Waals surface area contributed by atoms with E-state index in [4.69, 9.17) is 4.74 Å². The molecule has 0 radical (unpaired) electrons. The number of aromatic nitrogens is 3. The summed E-state index contributed by atoms with van der Waals surface area (Å²) < 4.78 is 6.69. The van der Waals surface area contributed by atoms with Crippen molar-refractivity contribution in [1.82, 2.24) is 14.5 Å². The third-order valence-corrected chi connectivity index (χ3v) is 3.95. The maximum absolute atomic E-state index is 12.8. The molecule has 0 spiro atoms. The van der Waals surface area contributed by atoms with Gasteiger partial charge >= 0.3 is 0 Å². The number of ether oxygens (including phenoxy) is 1. The number of fused-ring (bicyclic) bond motifs is 1. The van der Waals surface area contributed by atoms with Gasteiger partial charge in [-0.3, -0.25) is 14.3 Å². The van der Waals surface area contributed by atoms with Gasteiger partial charge in [0.2, 0.25) is 5.95 Å². The topological polar surface area (TPSA) is 81.4 Å². The van der Waals surface area contributed by atoms with E-state index in [1.807, 2.05) is 43.3 Å². The molecule has 0 atom stereocenters. The van der Waals surface area contributed by atoms with Crippen LogP contribution in [0.25, 0.3) is 10.9 Å². The van der Waals surface area contributed by atoms with Crippen LogP contribution in [0, 0.1) is 0 Å². The maximum Gasteiger partial charge on any atom is 0.262 e. The minimum absolute atomic E-state index is 0.0973. The zero-order chi connectivity index (χ0) is 18.4. The lowest BCUT2D eigenvalue weighted by Crippen LogP contribution is -2.25. The van der Waals surface area contributed by atoms with E-state index in [0.29, 0.717) is 42.1 Å². The number of pyridine rings is 1. The van der Waals surface area contributed by atoms with Crippen LogP contribution in [-0.4, -0.2) is 34.0 Å².